The molecular weight excluding hydrogens is 204 g/mol. The van der Waals surface area contributed by atoms with Crippen LogP contribution in [0.25, 0.3) is 0 Å². The van der Waals surface area contributed by atoms with Crippen molar-refractivity contribution in [2.75, 3.05) is 6.67 Å². The zero-order chi connectivity index (χ0) is 7.44. The summed E-state index contributed by atoms with van der Waals surface area (Å²) in [5.41, 5.74) is 0. The molecule has 54 valence electrons. The van der Waals surface area contributed by atoms with Gasteiger partial charge in [-0.2, -0.15) is 8.78 Å². The number of halogens is 5. The molecule has 0 aromatic rings. The largest absolute Gasteiger partial charge is 0.283 e. The van der Waals surface area contributed by atoms with Crippen molar-refractivity contribution in [1.29, 1.82) is 0 Å². The van der Waals surface area contributed by atoms with E-state index in [1.165, 1.54) is 0 Å². The fourth-order valence-corrected chi connectivity index (χ4v) is 0.308. The predicted octanol–water partition coefficient (Wildman–Crippen LogP) is 2.80. The maximum absolute atomic E-state index is 11.8. The van der Waals surface area contributed by atoms with E-state index >= 15 is 0 Å². The topological polar surface area (TPSA) is 0 Å². The van der Waals surface area contributed by atoms with Gasteiger partial charge in [0, 0.05) is 0 Å². The van der Waals surface area contributed by atoms with Crippen LogP contribution in [0, 0.1) is 0 Å². The molecule has 1 unspecified atom stereocenters. The summed E-state index contributed by atoms with van der Waals surface area (Å²) >= 11 is 2.18. The number of allylic oxidation sites excluding steroid dienone is 1. The van der Waals surface area contributed by atoms with Crippen molar-refractivity contribution >= 4 is 15.9 Å². The minimum atomic E-state index is -2.23. The van der Waals surface area contributed by atoms with Crippen LogP contribution in [0.2, 0.25) is 0 Å². The van der Waals surface area contributed by atoms with Crippen LogP contribution >= 0.6 is 15.9 Å². The third-order valence-electron chi connectivity index (χ3n) is 0.591. The first-order chi connectivity index (χ1) is 4.09. The molecule has 0 N–H and O–H groups in total. The van der Waals surface area contributed by atoms with Gasteiger partial charge < -0.3 is 0 Å². The van der Waals surface area contributed by atoms with E-state index in [-0.39, 0.29) is 0 Å². The summed E-state index contributed by atoms with van der Waals surface area (Å²) in [5, 5.41) is 0. The van der Waals surface area contributed by atoms with Crippen LogP contribution in [0.4, 0.5) is 17.6 Å². The van der Waals surface area contributed by atoms with Crippen LogP contribution in [0.3, 0.4) is 0 Å². The molecule has 0 fully saturated rings. The van der Waals surface area contributed by atoms with Crippen molar-refractivity contribution in [2.45, 2.75) is 6.17 Å². The molecule has 0 bridgehead atoms. The first-order valence-corrected chi connectivity index (χ1v) is 2.79. The maximum Gasteiger partial charge on any atom is 0.283 e. The van der Waals surface area contributed by atoms with Crippen LogP contribution in [-0.2, 0) is 0 Å². The van der Waals surface area contributed by atoms with Gasteiger partial charge in [0.1, 0.15) is 6.67 Å². The molecule has 0 aliphatic rings. The molecule has 0 saturated carbocycles. The summed E-state index contributed by atoms with van der Waals surface area (Å²) in [6.45, 7) is -1.43. The van der Waals surface area contributed by atoms with Gasteiger partial charge >= 0.3 is 0 Å². The Morgan fingerprint density at radius 1 is 1.44 bits per heavy atom. The van der Waals surface area contributed by atoms with Gasteiger partial charge in [-0.3, -0.25) is 0 Å². The lowest BCUT2D eigenvalue weighted by Gasteiger charge is -1.97. The molecule has 9 heavy (non-hydrogen) atoms. The van der Waals surface area contributed by atoms with Gasteiger partial charge in [0.15, 0.2) is 6.17 Å². The zero-order valence-corrected chi connectivity index (χ0v) is 5.76. The molecule has 1 atom stereocenters. The molecule has 0 heterocycles. The lowest BCUT2D eigenvalue weighted by atomic mass is 10.4. The highest BCUT2D eigenvalue weighted by Gasteiger charge is 2.14. The molecule has 0 amide bonds. The summed E-state index contributed by atoms with van der Waals surface area (Å²) in [4.78, 5) is 0. The van der Waals surface area contributed by atoms with E-state index in [0.29, 0.717) is 0 Å². The molecule has 0 aliphatic carbocycles. The lowest BCUT2D eigenvalue weighted by molar-refractivity contribution is 0.292. The molecule has 0 nitrogen and oxygen atoms in total. The second kappa shape index (κ2) is 3.87. The Bertz CT molecular complexity index is 118. The normalized spacial score (nSPS) is 13.0. The van der Waals surface area contributed by atoms with E-state index in [1.807, 2.05) is 0 Å². The molecule has 0 rings (SSSR count). The fraction of sp³-hybridized carbons (Fsp3) is 0.500. The van der Waals surface area contributed by atoms with Gasteiger partial charge in [0.25, 0.3) is 6.08 Å². The van der Waals surface area contributed by atoms with Gasteiger partial charge in [0.2, 0.25) is 0 Å². The van der Waals surface area contributed by atoms with E-state index in [4.69, 9.17) is 0 Å². The summed E-state index contributed by atoms with van der Waals surface area (Å²) in [5.74, 6) is 0. The number of alkyl halides is 2. The van der Waals surface area contributed by atoms with E-state index < -0.39 is 23.4 Å². The van der Waals surface area contributed by atoms with Gasteiger partial charge in [-0.25, -0.2) is 8.78 Å². The van der Waals surface area contributed by atoms with Crippen LogP contribution in [0.15, 0.2) is 10.6 Å². The highest BCUT2D eigenvalue weighted by molar-refractivity contribution is 9.11. The van der Waals surface area contributed by atoms with E-state index in [0.717, 1.165) is 0 Å². The minimum absolute atomic E-state index is 1.01. The smallest absolute Gasteiger partial charge is 0.247 e. The van der Waals surface area contributed by atoms with E-state index in [2.05, 4.69) is 15.9 Å². The molecule has 0 aromatic heterocycles. The first kappa shape index (κ1) is 8.94. The van der Waals surface area contributed by atoms with Crippen LogP contribution in [0.1, 0.15) is 0 Å². The van der Waals surface area contributed by atoms with Crippen molar-refractivity contribution in [1.82, 2.24) is 0 Å². The van der Waals surface area contributed by atoms with E-state index in [1.54, 1.807) is 0 Å². The lowest BCUT2D eigenvalue weighted by Crippen LogP contribution is -2.02. The zero-order valence-electron chi connectivity index (χ0n) is 4.17. The van der Waals surface area contributed by atoms with Crippen molar-refractivity contribution in [2.24, 2.45) is 0 Å². The number of hydrogen-bond acceptors (Lipinski definition) is 0. The summed E-state index contributed by atoms with van der Waals surface area (Å²) in [6.07, 6.45) is -4.45. The number of rotatable bonds is 2. The highest BCUT2D eigenvalue weighted by Crippen LogP contribution is 2.21. The average Bonchev–Trinajstić information content (AvgIpc) is 1.84. The van der Waals surface area contributed by atoms with Crippen molar-refractivity contribution in [3.05, 3.63) is 10.6 Å². The van der Waals surface area contributed by atoms with Gasteiger partial charge in [0.05, 0.1) is 4.48 Å². The van der Waals surface area contributed by atoms with Crippen molar-refractivity contribution < 1.29 is 17.6 Å². The van der Waals surface area contributed by atoms with Crippen molar-refractivity contribution in [3.8, 4) is 0 Å². The Balaban J connectivity index is 4.02. The number of hydrogen-bond donors (Lipinski definition) is 0. The van der Waals surface area contributed by atoms with Crippen LogP contribution in [-0.4, -0.2) is 12.8 Å². The van der Waals surface area contributed by atoms with Gasteiger partial charge in [-0.15, -0.1) is 0 Å². The van der Waals surface area contributed by atoms with Gasteiger partial charge in [-0.05, 0) is 15.9 Å². The minimum Gasteiger partial charge on any atom is -0.247 e. The third-order valence-corrected chi connectivity index (χ3v) is 1.39. The summed E-state index contributed by atoms with van der Waals surface area (Å²) < 4.78 is 44.6. The molecular formula is C4H3BrF4. The highest BCUT2D eigenvalue weighted by atomic mass is 79.9. The fourth-order valence-electron chi connectivity index (χ4n) is 0.186. The third kappa shape index (κ3) is 2.84. The Labute approximate surface area is 57.7 Å². The molecule has 5 heteroatoms. The Morgan fingerprint density at radius 2 is 1.89 bits per heavy atom. The molecule has 0 aliphatic heterocycles. The molecule has 0 saturated heterocycles. The Hall–Kier alpha value is -0.0600. The van der Waals surface area contributed by atoms with Gasteiger partial charge in [-0.1, -0.05) is 0 Å². The molecule has 0 radical (unpaired) electrons. The van der Waals surface area contributed by atoms with E-state index in [9.17, 15) is 17.6 Å². The first-order valence-electron chi connectivity index (χ1n) is 2.00. The second-order valence-electron chi connectivity index (χ2n) is 1.23. The van der Waals surface area contributed by atoms with Crippen LogP contribution < -0.4 is 0 Å². The Kier molecular flexibility index (Phi) is 3.84. The average molecular weight is 207 g/mol. The quantitative estimate of drug-likeness (QED) is 0.610. The molecule has 0 aromatic carbocycles. The predicted molar refractivity (Wildman–Crippen MR) is 29.0 cm³/mol. The Morgan fingerprint density at radius 3 is 2.00 bits per heavy atom. The molecule has 0 spiro atoms. The standard InChI is InChI=1S/C4H3BrF4/c5-3(4(8)9)2(7)1-6/h2H,1H2. The van der Waals surface area contributed by atoms with Crippen molar-refractivity contribution in [3.63, 3.8) is 0 Å². The van der Waals surface area contributed by atoms with Crippen LogP contribution in [0.5, 0.6) is 0 Å². The summed E-state index contributed by atoms with van der Waals surface area (Å²) in [6, 6.07) is 0. The monoisotopic (exact) mass is 206 g/mol. The summed E-state index contributed by atoms with van der Waals surface area (Å²) in [7, 11) is 0. The second-order valence-corrected chi connectivity index (χ2v) is 2.08. The SMILES string of the molecule is FCC(F)C(Br)=C(F)F. The maximum atomic E-state index is 11.8.